The lowest BCUT2D eigenvalue weighted by molar-refractivity contribution is 0.266. The van der Waals surface area contributed by atoms with Crippen LogP contribution in [0.5, 0.6) is 11.5 Å². The first-order valence-electron chi connectivity index (χ1n) is 10.4. The van der Waals surface area contributed by atoms with Crippen molar-refractivity contribution in [2.24, 2.45) is 0 Å². The van der Waals surface area contributed by atoms with Crippen LogP contribution in [0.3, 0.4) is 0 Å². The Morgan fingerprint density at radius 1 is 0.857 bits per heavy atom. The van der Waals surface area contributed by atoms with Crippen molar-refractivity contribution in [1.82, 2.24) is 5.32 Å². The van der Waals surface area contributed by atoms with E-state index < -0.39 is 0 Å². The molecular weight excluding hydrogens is 370 g/mol. The number of benzene rings is 2. The molecule has 0 amide bonds. The molecule has 0 aromatic heterocycles. The molecule has 156 valence electrons. The van der Waals surface area contributed by atoms with Gasteiger partial charge in [-0.1, -0.05) is 74.6 Å². The van der Waals surface area contributed by atoms with E-state index >= 15 is 0 Å². The van der Waals surface area contributed by atoms with Crippen LogP contribution >= 0.6 is 12.4 Å². The second kappa shape index (κ2) is 14.3. The number of ether oxygens (including phenoxy) is 2. The van der Waals surface area contributed by atoms with Gasteiger partial charge in [-0.15, -0.1) is 12.4 Å². The van der Waals surface area contributed by atoms with Crippen LogP contribution in [0.25, 0.3) is 0 Å². The third-order valence-corrected chi connectivity index (χ3v) is 4.64. The molecule has 0 heterocycles. The molecule has 0 saturated heterocycles. The molecule has 0 spiro atoms. The molecule has 0 atom stereocenters. The van der Waals surface area contributed by atoms with Crippen LogP contribution in [0.1, 0.15) is 62.6 Å². The van der Waals surface area contributed by atoms with Gasteiger partial charge < -0.3 is 14.8 Å². The fraction of sp³-hybridized carbons (Fsp3) is 0.500. The van der Waals surface area contributed by atoms with Crippen molar-refractivity contribution in [1.29, 1.82) is 0 Å². The van der Waals surface area contributed by atoms with Gasteiger partial charge in [0.25, 0.3) is 0 Å². The minimum Gasteiger partial charge on any atom is -0.490 e. The van der Waals surface area contributed by atoms with Crippen LogP contribution in [-0.2, 0) is 13.2 Å². The van der Waals surface area contributed by atoms with Gasteiger partial charge in [0.2, 0.25) is 0 Å². The molecule has 2 aromatic carbocycles. The van der Waals surface area contributed by atoms with E-state index in [2.05, 4.69) is 49.5 Å². The third-order valence-electron chi connectivity index (χ3n) is 4.64. The van der Waals surface area contributed by atoms with Crippen molar-refractivity contribution in [3.8, 4) is 11.5 Å². The number of hydrogen-bond acceptors (Lipinski definition) is 3. The monoisotopic (exact) mass is 405 g/mol. The summed E-state index contributed by atoms with van der Waals surface area (Å²) < 4.78 is 12.0. The molecule has 0 aliphatic rings. The number of hydrogen-bond donors (Lipinski definition) is 1. The fourth-order valence-electron chi connectivity index (χ4n) is 3.05. The Labute approximate surface area is 177 Å². The van der Waals surface area contributed by atoms with Crippen LogP contribution in [-0.4, -0.2) is 13.2 Å². The number of unbranched alkanes of at least 4 members (excludes halogenated alkanes) is 4. The van der Waals surface area contributed by atoms with Crippen molar-refractivity contribution >= 4 is 12.4 Å². The number of nitrogens with one attached hydrogen (secondary N) is 1. The fourth-order valence-corrected chi connectivity index (χ4v) is 3.05. The van der Waals surface area contributed by atoms with Gasteiger partial charge in [-0.05, 0) is 38.4 Å². The lowest BCUT2D eigenvalue weighted by Gasteiger charge is -2.16. The zero-order valence-corrected chi connectivity index (χ0v) is 18.4. The molecule has 0 aliphatic heterocycles. The quantitative estimate of drug-likeness (QED) is 0.388. The second-order valence-corrected chi connectivity index (χ2v) is 7.04. The van der Waals surface area contributed by atoms with Gasteiger partial charge in [0.1, 0.15) is 6.61 Å². The van der Waals surface area contributed by atoms with Gasteiger partial charge in [0, 0.05) is 12.1 Å². The van der Waals surface area contributed by atoms with E-state index in [-0.39, 0.29) is 12.4 Å². The molecule has 28 heavy (non-hydrogen) atoms. The Kier molecular flexibility index (Phi) is 12.4. The SMILES string of the molecule is CCCCCCCNCc1cccc(OCC)c1OCc1ccc(C)cc1.Cl. The van der Waals surface area contributed by atoms with Gasteiger partial charge in [0.15, 0.2) is 11.5 Å². The lowest BCUT2D eigenvalue weighted by Crippen LogP contribution is -2.16. The van der Waals surface area contributed by atoms with Gasteiger partial charge in [-0.25, -0.2) is 0 Å². The van der Waals surface area contributed by atoms with E-state index in [0.29, 0.717) is 13.2 Å². The Morgan fingerprint density at radius 3 is 2.32 bits per heavy atom. The summed E-state index contributed by atoms with van der Waals surface area (Å²) in [6.07, 6.45) is 6.50. The van der Waals surface area contributed by atoms with E-state index in [1.54, 1.807) is 0 Å². The van der Waals surface area contributed by atoms with Crippen LogP contribution in [0.4, 0.5) is 0 Å². The maximum absolute atomic E-state index is 6.19. The summed E-state index contributed by atoms with van der Waals surface area (Å²) >= 11 is 0. The number of halogens is 1. The first-order chi connectivity index (χ1) is 13.2. The number of rotatable bonds is 13. The molecule has 2 rings (SSSR count). The first kappa shape index (κ1) is 24.3. The van der Waals surface area contributed by atoms with Crippen molar-refractivity contribution < 1.29 is 9.47 Å². The summed E-state index contributed by atoms with van der Waals surface area (Å²) in [6, 6.07) is 14.6. The Morgan fingerprint density at radius 2 is 1.61 bits per heavy atom. The van der Waals surface area contributed by atoms with E-state index in [0.717, 1.165) is 30.2 Å². The second-order valence-electron chi connectivity index (χ2n) is 7.04. The number of para-hydroxylation sites is 1. The zero-order valence-electron chi connectivity index (χ0n) is 17.6. The van der Waals surface area contributed by atoms with Gasteiger partial charge in [0.05, 0.1) is 6.61 Å². The molecule has 0 unspecified atom stereocenters. The minimum atomic E-state index is 0. The predicted molar refractivity (Wildman–Crippen MR) is 121 cm³/mol. The van der Waals surface area contributed by atoms with E-state index in [9.17, 15) is 0 Å². The molecular formula is C24H36ClNO2. The van der Waals surface area contributed by atoms with Crippen LogP contribution in [0.15, 0.2) is 42.5 Å². The molecule has 1 N–H and O–H groups in total. The first-order valence-corrected chi connectivity index (χ1v) is 10.4. The summed E-state index contributed by atoms with van der Waals surface area (Å²) in [4.78, 5) is 0. The minimum absolute atomic E-state index is 0. The summed E-state index contributed by atoms with van der Waals surface area (Å²) in [7, 11) is 0. The summed E-state index contributed by atoms with van der Waals surface area (Å²) in [6.45, 7) is 9.38. The van der Waals surface area contributed by atoms with Crippen molar-refractivity contribution in [3.63, 3.8) is 0 Å². The molecule has 0 aliphatic carbocycles. The van der Waals surface area contributed by atoms with Crippen LogP contribution < -0.4 is 14.8 Å². The largest absolute Gasteiger partial charge is 0.490 e. The highest BCUT2D eigenvalue weighted by molar-refractivity contribution is 5.85. The maximum Gasteiger partial charge on any atom is 0.166 e. The van der Waals surface area contributed by atoms with Crippen LogP contribution in [0.2, 0.25) is 0 Å². The summed E-state index contributed by atoms with van der Waals surface area (Å²) in [5.41, 5.74) is 3.58. The molecule has 2 aromatic rings. The van der Waals surface area contributed by atoms with Gasteiger partial charge >= 0.3 is 0 Å². The van der Waals surface area contributed by atoms with Gasteiger partial charge in [-0.2, -0.15) is 0 Å². The molecule has 3 nitrogen and oxygen atoms in total. The smallest absolute Gasteiger partial charge is 0.166 e. The highest BCUT2D eigenvalue weighted by Gasteiger charge is 2.11. The topological polar surface area (TPSA) is 30.5 Å². The molecule has 4 heteroatoms. The summed E-state index contributed by atoms with van der Waals surface area (Å²) in [5.74, 6) is 1.69. The van der Waals surface area contributed by atoms with Crippen molar-refractivity contribution in [2.75, 3.05) is 13.2 Å². The van der Waals surface area contributed by atoms with Crippen molar-refractivity contribution in [3.05, 3.63) is 59.2 Å². The maximum atomic E-state index is 6.19. The average Bonchev–Trinajstić information content (AvgIpc) is 2.68. The summed E-state index contributed by atoms with van der Waals surface area (Å²) in [5, 5.41) is 3.56. The van der Waals surface area contributed by atoms with Crippen molar-refractivity contribution in [2.45, 2.75) is 66.0 Å². The average molecular weight is 406 g/mol. The van der Waals surface area contributed by atoms with E-state index in [4.69, 9.17) is 9.47 Å². The molecule has 0 bridgehead atoms. The molecule has 0 fully saturated rings. The Bertz CT molecular complexity index is 658. The standard InChI is InChI=1S/C24H35NO2.ClH/c1-4-6-7-8-9-17-25-18-22-11-10-12-23(26-5-2)24(22)27-19-21-15-13-20(3)14-16-21;/h10-16,25H,4-9,17-19H2,1-3H3;1H. The number of aryl methyl sites for hydroxylation is 1. The Balaban J connectivity index is 0.00000392. The van der Waals surface area contributed by atoms with Gasteiger partial charge in [-0.3, -0.25) is 0 Å². The highest BCUT2D eigenvalue weighted by atomic mass is 35.5. The highest BCUT2D eigenvalue weighted by Crippen LogP contribution is 2.32. The lowest BCUT2D eigenvalue weighted by atomic mass is 10.1. The van der Waals surface area contributed by atoms with E-state index in [1.807, 2.05) is 19.1 Å². The van der Waals surface area contributed by atoms with Crippen LogP contribution in [0, 0.1) is 6.92 Å². The van der Waals surface area contributed by atoms with E-state index in [1.165, 1.54) is 43.2 Å². The zero-order chi connectivity index (χ0) is 19.3. The Hall–Kier alpha value is -1.71. The normalized spacial score (nSPS) is 10.4. The molecule has 0 radical (unpaired) electrons. The predicted octanol–water partition coefficient (Wildman–Crippen LogP) is 6.45. The third kappa shape index (κ3) is 8.53. The molecule has 0 saturated carbocycles.